The molecular weight excluding hydrogens is 340 g/mol. The van der Waals surface area contributed by atoms with E-state index in [2.05, 4.69) is 42.2 Å². The van der Waals surface area contributed by atoms with Crippen LogP contribution in [0.15, 0.2) is 42.6 Å². The monoisotopic (exact) mass is 364 g/mol. The lowest BCUT2D eigenvalue weighted by Crippen LogP contribution is -2.06. The van der Waals surface area contributed by atoms with E-state index in [4.69, 9.17) is 10.5 Å². The highest BCUT2D eigenvalue weighted by atomic mass is 32.1. The van der Waals surface area contributed by atoms with Crippen molar-refractivity contribution in [2.75, 3.05) is 0 Å². The maximum Gasteiger partial charge on any atom is 0.123 e. The molecular formula is C22H24N2OS. The molecule has 1 aliphatic carbocycles. The highest BCUT2D eigenvalue weighted by molar-refractivity contribution is 7.18. The molecule has 134 valence electrons. The summed E-state index contributed by atoms with van der Waals surface area (Å²) in [5, 5.41) is 1.04. The van der Waals surface area contributed by atoms with E-state index in [1.807, 2.05) is 26.1 Å². The third-order valence-corrected chi connectivity index (χ3v) is 5.95. The number of thiazole rings is 1. The Hall–Kier alpha value is -2.17. The van der Waals surface area contributed by atoms with E-state index in [0.717, 1.165) is 34.7 Å². The van der Waals surface area contributed by atoms with Gasteiger partial charge in [-0.3, -0.25) is 0 Å². The highest BCUT2D eigenvalue weighted by Crippen LogP contribution is 2.40. The van der Waals surface area contributed by atoms with Crippen molar-refractivity contribution in [2.45, 2.75) is 45.8 Å². The van der Waals surface area contributed by atoms with Gasteiger partial charge in [-0.1, -0.05) is 18.2 Å². The maximum absolute atomic E-state index is 6.23. The van der Waals surface area contributed by atoms with E-state index in [0.29, 0.717) is 0 Å². The van der Waals surface area contributed by atoms with E-state index < -0.39 is 0 Å². The van der Waals surface area contributed by atoms with Gasteiger partial charge in [0, 0.05) is 17.8 Å². The lowest BCUT2D eigenvalue weighted by Gasteiger charge is -2.12. The first-order valence-electron chi connectivity index (χ1n) is 9.14. The smallest absolute Gasteiger partial charge is 0.123 e. The standard InChI is InChI=1S/C22H24N2OS/c1-13(2)25-20-10-7-15(11-14(20)3)22-24-12-21(26-22)18-6-4-5-17-16(18)8-9-19(17)23/h4-7,10-13,19H,8-9,23H2,1-3H3. The first kappa shape index (κ1) is 17.3. The molecule has 0 fully saturated rings. The Kier molecular flexibility index (Phi) is 4.55. The van der Waals surface area contributed by atoms with E-state index in [-0.39, 0.29) is 12.1 Å². The third-order valence-electron chi connectivity index (χ3n) is 4.87. The Morgan fingerprint density at radius 2 is 2.08 bits per heavy atom. The second-order valence-corrected chi connectivity index (χ2v) is 8.23. The van der Waals surface area contributed by atoms with Crippen LogP contribution in [0.2, 0.25) is 0 Å². The molecule has 0 saturated carbocycles. The van der Waals surface area contributed by atoms with Crippen LogP contribution in [0.3, 0.4) is 0 Å². The zero-order valence-electron chi connectivity index (χ0n) is 15.5. The number of aryl methyl sites for hydroxylation is 1. The summed E-state index contributed by atoms with van der Waals surface area (Å²) in [6.45, 7) is 6.18. The van der Waals surface area contributed by atoms with Crippen molar-refractivity contribution >= 4 is 11.3 Å². The number of rotatable bonds is 4. The number of hydrogen-bond acceptors (Lipinski definition) is 4. The molecule has 0 aliphatic heterocycles. The van der Waals surface area contributed by atoms with Gasteiger partial charge < -0.3 is 10.5 Å². The van der Waals surface area contributed by atoms with Crippen LogP contribution in [0.5, 0.6) is 5.75 Å². The zero-order chi connectivity index (χ0) is 18.3. The zero-order valence-corrected chi connectivity index (χ0v) is 16.3. The highest BCUT2D eigenvalue weighted by Gasteiger charge is 2.22. The molecule has 2 aromatic carbocycles. The largest absolute Gasteiger partial charge is 0.491 e. The summed E-state index contributed by atoms with van der Waals surface area (Å²) in [5.74, 6) is 0.940. The van der Waals surface area contributed by atoms with Crippen molar-refractivity contribution in [2.24, 2.45) is 5.73 Å². The van der Waals surface area contributed by atoms with E-state index in [9.17, 15) is 0 Å². The molecule has 0 saturated heterocycles. The van der Waals surface area contributed by atoms with E-state index in [1.54, 1.807) is 11.3 Å². The molecule has 4 rings (SSSR count). The predicted octanol–water partition coefficient (Wildman–Crippen LogP) is 5.52. The topological polar surface area (TPSA) is 48.1 Å². The van der Waals surface area contributed by atoms with Gasteiger partial charge in [0.05, 0.1) is 11.0 Å². The Labute approximate surface area is 158 Å². The van der Waals surface area contributed by atoms with Crippen LogP contribution < -0.4 is 10.5 Å². The van der Waals surface area contributed by atoms with Crippen LogP contribution in [0.4, 0.5) is 0 Å². The van der Waals surface area contributed by atoms with Gasteiger partial charge in [0.25, 0.3) is 0 Å². The Morgan fingerprint density at radius 1 is 1.23 bits per heavy atom. The van der Waals surface area contributed by atoms with Crippen molar-refractivity contribution in [3.05, 3.63) is 59.3 Å². The molecule has 1 aliphatic rings. The number of ether oxygens (including phenoxy) is 1. The van der Waals surface area contributed by atoms with Crippen molar-refractivity contribution in [1.29, 1.82) is 0 Å². The quantitative estimate of drug-likeness (QED) is 0.663. The Morgan fingerprint density at radius 3 is 2.85 bits per heavy atom. The minimum absolute atomic E-state index is 0.175. The van der Waals surface area contributed by atoms with Gasteiger partial charge in [-0.15, -0.1) is 11.3 Å². The summed E-state index contributed by atoms with van der Waals surface area (Å²) in [5.41, 5.74) is 12.5. The third kappa shape index (κ3) is 3.15. The van der Waals surface area contributed by atoms with Crippen LogP contribution in [0.1, 0.15) is 43.0 Å². The fourth-order valence-corrected chi connectivity index (χ4v) is 4.58. The maximum atomic E-state index is 6.23. The molecule has 4 heteroatoms. The number of fused-ring (bicyclic) bond motifs is 1. The van der Waals surface area contributed by atoms with E-state index in [1.165, 1.54) is 21.6 Å². The minimum Gasteiger partial charge on any atom is -0.491 e. The van der Waals surface area contributed by atoms with Crippen LogP contribution in [0.25, 0.3) is 21.0 Å². The summed E-state index contributed by atoms with van der Waals surface area (Å²) in [6, 6.07) is 12.9. The Balaban J connectivity index is 1.67. The first-order valence-corrected chi connectivity index (χ1v) is 9.96. The van der Waals surface area contributed by atoms with Gasteiger partial charge >= 0.3 is 0 Å². The number of hydrogen-bond donors (Lipinski definition) is 1. The molecule has 1 atom stereocenters. The molecule has 3 aromatic rings. The van der Waals surface area contributed by atoms with Crippen LogP contribution >= 0.6 is 11.3 Å². The van der Waals surface area contributed by atoms with Gasteiger partial charge in [0.1, 0.15) is 10.8 Å². The van der Waals surface area contributed by atoms with Gasteiger partial charge in [0.15, 0.2) is 0 Å². The van der Waals surface area contributed by atoms with Crippen LogP contribution in [-0.2, 0) is 6.42 Å². The molecule has 0 bridgehead atoms. The predicted molar refractivity (Wildman–Crippen MR) is 109 cm³/mol. The fourth-order valence-electron chi connectivity index (χ4n) is 3.62. The average Bonchev–Trinajstić information content (AvgIpc) is 3.24. The SMILES string of the molecule is Cc1cc(-c2ncc(-c3cccc4c3CCC4N)s2)ccc1OC(C)C. The summed E-state index contributed by atoms with van der Waals surface area (Å²) < 4.78 is 5.84. The van der Waals surface area contributed by atoms with Gasteiger partial charge in [-0.05, 0) is 74.1 Å². The molecule has 1 heterocycles. The van der Waals surface area contributed by atoms with Gasteiger partial charge in [-0.2, -0.15) is 0 Å². The summed E-state index contributed by atoms with van der Waals surface area (Å²) in [4.78, 5) is 5.90. The molecule has 1 unspecified atom stereocenters. The van der Waals surface area contributed by atoms with Crippen LogP contribution in [0, 0.1) is 6.92 Å². The van der Waals surface area contributed by atoms with Crippen molar-refractivity contribution in [3.8, 4) is 26.8 Å². The number of nitrogens with two attached hydrogens (primary N) is 1. The van der Waals surface area contributed by atoms with E-state index >= 15 is 0 Å². The normalized spacial score (nSPS) is 16.1. The van der Waals surface area contributed by atoms with Gasteiger partial charge in [0.2, 0.25) is 0 Å². The molecule has 2 N–H and O–H groups in total. The minimum atomic E-state index is 0.175. The van der Waals surface area contributed by atoms with Gasteiger partial charge in [-0.25, -0.2) is 4.98 Å². The number of nitrogens with zero attached hydrogens (tertiary/aromatic N) is 1. The molecule has 0 amide bonds. The lowest BCUT2D eigenvalue weighted by atomic mass is 10.0. The second kappa shape index (κ2) is 6.86. The van der Waals surface area contributed by atoms with Crippen molar-refractivity contribution < 1.29 is 4.74 Å². The second-order valence-electron chi connectivity index (χ2n) is 7.20. The molecule has 0 radical (unpaired) electrons. The van der Waals surface area contributed by atoms with Crippen molar-refractivity contribution in [1.82, 2.24) is 4.98 Å². The molecule has 0 spiro atoms. The fraction of sp³-hybridized carbons (Fsp3) is 0.318. The molecule has 1 aromatic heterocycles. The molecule has 26 heavy (non-hydrogen) atoms. The summed E-state index contributed by atoms with van der Waals surface area (Å²) in [6.07, 6.45) is 4.26. The van der Waals surface area contributed by atoms with Crippen LogP contribution in [-0.4, -0.2) is 11.1 Å². The lowest BCUT2D eigenvalue weighted by molar-refractivity contribution is 0.241. The summed E-state index contributed by atoms with van der Waals surface area (Å²) in [7, 11) is 0. The van der Waals surface area contributed by atoms with Crippen molar-refractivity contribution in [3.63, 3.8) is 0 Å². The summed E-state index contributed by atoms with van der Waals surface area (Å²) >= 11 is 1.74. The molecule has 3 nitrogen and oxygen atoms in total. The first-order chi connectivity index (χ1) is 12.5. The Bertz CT molecular complexity index is 945. The number of benzene rings is 2. The number of aromatic nitrogens is 1. The average molecular weight is 365 g/mol.